The van der Waals surface area contributed by atoms with Gasteiger partial charge in [-0.2, -0.15) is 40.6 Å². The number of aromatic amines is 1. The molecule has 1 saturated carbocycles. The van der Waals surface area contributed by atoms with E-state index in [9.17, 15) is 40.3 Å². The molecule has 200 valence electrons. The highest BCUT2D eigenvalue weighted by Gasteiger charge is 2.71. The van der Waals surface area contributed by atoms with Crippen molar-refractivity contribution >= 4 is 22.8 Å². The van der Waals surface area contributed by atoms with Gasteiger partial charge in [0.2, 0.25) is 5.91 Å². The van der Waals surface area contributed by atoms with Crippen molar-refractivity contribution in [1.82, 2.24) is 35.6 Å². The molecule has 1 aromatic carbocycles. The Morgan fingerprint density at radius 3 is 2.57 bits per heavy atom. The minimum atomic E-state index is -4.41. The zero-order valence-corrected chi connectivity index (χ0v) is 18.9. The molecular formula is C21H20F7N7O2. The Morgan fingerprint density at radius 2 is 1.89 bits per heavy atom. The SMILES string of the molecule is O=C(CCC(F)(F)F)NCc1ccc2nc(CNC(=O)c3cnn(CC4CC(F)(F)C4(F)F)n3)[nH]c2c1. The van der Waals surface area contributed by atoms with Crippen LogP contribution < -0.4 is 10.6 Å². The molecule has 9 nitrogen and oxygen atoms in total. The second-order valence-corrected chi connectivity index (χ2v) is 8.62. The van der Waals surface area contributed by atoms with E-state index in [1.54, 1.807) is 18.2 Å². The Bertz CT molecular complexity index is 1300. The molecule has 1 fully saturated rings. The van der Waals surface area contributed by atoms with Crippen molar-refractivity contribution in [2.24, 2.45) is 5.92 Å². The molecular weight excluding hydrogens is 515 g/mol. The lowest BCUT2D eigenvalue weighted by Gasteiger charge is -2.43. The molecule has 3 aromatic rings. The van der Waals surface area contributed by atoms with Gasteiger partial charge in [0.05, 0.1) is 42.7 Å². The third kappa shape index (κ3) is 5.99. The van der Waals surface area contributed by atoms with Crippen LogP contribution in [0, 0.1) is 5.92 Å². The minimum Gasteiger partial charge on any atom is -0.352 e. The van der Waals surface area contributed by atoms with E-state index in [0.717, 1.165) is 11.0 Å². The van der Waals surface area contributed by atoms with Crippen molar-refractivity contribution < 1.29 is 40.3 Å². The van der Waals surface area contributed by atoms with Gasteiger partial charge < -0.3 is 15.6 Å². The van der Waals surface area contributed by atoms with E-state index in [2.05, 4.69) is 30.8 Å². The highest BCUT2D eigenvalue weighted by atomic mass is 19.4. The molecule has 0 aliphatic heterocycles. The summed E-state index contributed by atoms with van der Waals surface area (Å²) < 4.78 is 89.4. The molecule has 2 heterocycles. The summed E-state index contributed by atoms with van der Waals surface area (Å²) in [6.45, 7) is -0.626. The smallest absolute Gasteiger partial charge is 0.352 e. The fourth-order valence-corrected chi connectivity index (χ4v) is 3.71. The lowest BCUT2D eigenvalue weighted by Crippen LogP contribution is -2.59. The first-order chi connectivity index (χ1) is 17.2. The molecule has 2 aromatic heterocycles. The number of halogens is 7. The third-order valence-electron chi connectivity index (χ3n) is 5.79. The Balaban J connectivity index is 1.28. The van der Waals surface area contributed by atoms with Crippen LogP contribution >= 0.6 is 0 Å². The summed E-state index contributed by atoms with van der Waals surface area (Å²) in [5, 5.41) is 12.4. The van der Waals surface area contributed by atoms with Gasteiger partial charge in [0.1, 0.15) is 5.82 Å². The number of rotatable bonds is 9. The van der Waals surface area contributed by atoms with Gasteiger partial charge >= 0.3 is 18.0 Å². The summed E-state index contributed by atoms with van der Waals surface area (Å²) >= 11 is 0. The summed E-state index contributed by atoms with van der Waals surface area (Å²) in [5.74, 6) is -11.0. The van der Waals surface area contributed by atoms with Crippen LogP contribution in [0.1, 0.15) is 41.1 Å². The molecule has 0 spiro atoms. The Kier molecular flexibility index (Phi) is 6.85. The molecule has 3 N–H and O–H groups in total. The molecule has 0 radical (unpaired) electrons. The Labute approximate surface area is 203 Å². The maximum absolute atomic E-state index is 13.4. The number of aromatic nitrogens is 5. The summed E-state index contributed by atoms with van der Waals surface area (Å²) in [4.78, 5) is 31.9. The first-order valence-electron chi connectivity index (χ1n) is 11.0. The molecule has 16 heteroatoms. The number of alkyl halides is 7. The fraction of sp³-hybridized carbons (Fsp3) is 0.476. The van der Waals surface area contributed by atoms with E-state index in [0.29, 0.717) is 22.4 Å². The number of imidazole rings is 1. The van der Waals surface area contributed by atoms with Crippen LogP contribution in [0.15, 0.2) is 24.4 Å². The molecule has 1 unspecified atom stereocenters. The first-order valence-corrected chi connectivity index (χ1v) is 11.0. The van der Waals surface area contributed by atoms with Crippen LogP contribution in [0.4, 0.5) is 30.7 Å². The van der Waals surface area contributed by atoms with Gasteiger partial charge in [-0.15, -0.1) is 5.10 Å². The monoisotopic (exact) mass is 535 g/mol. The predicted molar refractivity (Wildman–Crippen MR) is 112 cm³/mol. The van der Waals surface area contributed by atoms with E-state index < -0.39 is 61.6 Å². The van der Waals surface area contributed by atoms with E-state index in [4.69, 9.17) is 0 Å². The maximum Gasteiger partial charge on any atom is 0.389 e. The van der Waals surface area contributed by atoms with Crippen LogP contribution in [0.5, 0.6) is 0 Å². The molecule has 1 aliphatic rings. The number of carbonyl (C=O) groups excluding carboxylic acids is 2. The second-order valence-electron chi connectivity index (χ2n) is 8.62. The maximum atomic E-state index is 13.4. The number of carbonyl (C=O) groups is 2. The van der Waals surface area contributed by atoms with E-state index in [1.165, 1.54) is 0 Å². The van der Waals surface area contributed by atoms with Crippen molar-refractivity contribution in [3.05, 3.63) is 41.5 Å². The van der Waals surface area contributed by atoms with Gasteiger partial charge in [0, 0.05) is 19.4 Å². The number of benzene rings is 1. The average Bonchev–Trinajstić information content (AvgIpc) is 3.45. The van der Waals surface area contributed by atoms with Gasteiger partial charge in [-0.1, -0.05) is 6.07 Å². The zero-order chi connectivity index (χ0) is 27.0. The topological polar surface area (TPSA) is 118 Å². The number of hydrogen-bond acceptors (Lipinski definition) is 5. The van der Waals surface area contributed by atoms with Gasteiger partial charge in [0.25, 0.3) is 5.91 Å². The Morgan fingerprint density at radius 1 is 1.14 bits per heavy atom. The van der Waals surface area contributed by atoms with Crippen LogP contribution in [0.2, 0.25) is 0 Å². The highest BCUT2D eigenvalue weighted by Crippen LogP contribution is 2.55. The molecule has 2 amide bonds. The van der Waals surface area contributed by atoms with Crippen molar-refractivity contribution in [2.45, 2.75) is 56.9 Å². The van der Waals surface area contributed by atoms with Crippen molar-refractivity contribution in [3.8, 4) is 0 Å². The van der Waals surface area contributed by atoms with Gasteiger partial charge in [-0.3, -0.25) is 9.59 Å². The fourth-order valence-electron chi connectivity index (χ4n) is 3.71. The molecule has 1 aliphatic carbocycles. The van der Waals surface area contributed by atoms with E-state index in [-0.39, 0.29) is 18.8 Å². The number of hydrogen-bond donors (Lipinski definition) is 3. The summed E-state index contributed by atoms with van der Waals surface area (Å²) in [7, 11) is 0. The number of nitrogens with zero attached hydrogens (tertiary/aromatic N) is 4. The molecule has 37 heavy (non-hydrogen) atoms. The normalized spacial score (nSPS) is 18.4. The van der Waals surface area contributed by atoms with E-state index >= 15 is 0 Å². The molecule has 0 saturated heterocycles. The zero-order valence-electron chi connectivity index (χ0n) is 18.9. The summed E-state index contributed by atoms with van der Waals surface area (Å²) in [6, 6.07) is 4.90. The first kappa shape index (κ1) is 26.3. The quantitative estimate of drug-likeness (QED) is 0.364. The summed E-state index contributed by atoms with van der Waals surface area (Å²) in [6.07, 6.45) is -6.27. The van der Waals surface area contributed by atoms with Gasteiger partial charge in [-0.25, -0.2) is 4.98 Å². The average molecular weight is 535 g/mol. The van der Waals surface area contributed by atoms with E-state index in [1.807, 2.05) is 0 Å². The van der Waals surface area contributed by atoms with Gasteiger partial charge in [-0.05, 0) is 17.7 Å². The lowest BCUT2D eigenvalue weighted by molar-refractivity contribution is -0.316. The molecule has 4 rings (SSSR count). The molecule has 1 atom stereocenters. The number of fused-ring (bicyclic) bond motifs is 1. The standard InChI is InChI=1S/C21H20F7N7O2/c22-19(23)6-12(21(19,27)28)10-35-31-8-15(34-35)18(37)30-9-16-32-13-2-1-11(5-14(13)33-16)7-29-17(36)3-4-20(24,25)26/h1-2,5,8,12H,3-4,6-7,9-10H2,(H,29,36)(H,30,37)(H,32,33). The summed E-state index contributed by atoms with van der Waals surface area (Å²) in [5.41, 5.74) is 1.49. The van der Waals surface area contributed by atoms with Crippen LogP contribution in [-0.4, -0.2) is 54.8 Å². The van der Waals surface area contributed by atoms with Crippen LogP contribution in [0.25, 0.3) is 11.0 Å². The van der Waals surface area contributed by atoms with Crippen molar-refractivity contribution in [2.75, 3.05) is 0 Å². The number of amides is 2. The second kappa shape index (κ2) is 9.63. The predicted octanol–water partition coefficient (Wildman–Crippen LogP) is 3.33. The lowest BCUT2D eigenvalue weighted by atomic mass is 9.77. The number of H-pyrrole nitrogens is 1. The minimum absolute atomic E-state index is 0.0117. The van der Waals surface area contributed by atoms with Crippen LogP contribution in [-0.2, 0) is 24.4 Å². The number of nitrogens with one attached hydrogen (secondary N) is 3. The van der Waals surface area contributed by atoms with Crippen molar-refractivity contribution in [3.63, 3.8) is 0 Å². The van der Waals surface area contributed by atoms with Crippen LogP contribution in [0.3, 0.4) is 0 Å². The van der Waals surface area contributed by atoms with Gasteiger partial charge in [0.15, 0.2) is 5.69 Å². The highest BCUT2D eigenvalue weighted by molar-refractivity contribution is 5.91. The Hall–Kier alpha value is -3.72. The van der Waals surface area contributed by atoms with Crippen molar-refractivity contribution in [1.29, 1.82) is 0 Å². The largest absolute Gasteiger partial charge is 0.389 e. The third-order valence-corrected chi connectivity index (χ3v) is 5.79. The molecule has 0 bridgehead atoms.